The first kappa shape index (κ1) is 22.9. The predicted octanol–water partition coefficient (Wildman–Crippen LogP) is 3.30. The van der Waals surface area contributed by atoms with Crippen LogP contribution in [0.25, 0.3) is 0 Å². The Hall–Kier alpha value is -2.82. The Labute approximate surface area is 187 Å². The van der Waals surface area contributed by atoms with Gasteiger partial charge >= 0.3 is 0 Å². The number of methoxy groups -OCH3 is 1. The second-order valence-corrected chi connectivity index (χ2v) is 9.65. The maximum atomic E-state index is 12.8. The van der Waals surface area contributed by atoms with Crippen LogP contribution in [0.2, 0.25) is 5.02 Å². The van der Waals surface area contributed by atoms with Crippen molar-refractivity contribution in [2.45, 2.75) is 21.9 Å². The number of hydrogen-bond acceptors (Lipinski definition) is 7. The predicted molar refractivity (Wildman–Crippen MR) is 119 cm³/mol. The zero-order chi connectivity index (χ0) is 22.6. The van der Waals surface area contributed by atoms with Gasteiger partial charge in [0, 0.05) is 16.8 Å². The number of anilines is 1. The number of H-pyrrole nitrogens is 1. The molecule has 0 spiro atoms. The van der Waals surface area contributed by atoms with Crippen LogP contribution in [0.4, 0.5) is 5.69 Å². The third kappa shape index (κ3) is 5.46. The van der Waals surface area contributed by atoms with E-state index in [0.717, 1.165) is 18.0 Å². The molecule has 0 atom stereocenters. The van der Waals surface area contributed by atoms with Crippen LogP contribution >= 0.6 is 23.4 Å². The molecule has 0 aliphatic carbocycles. The second-order valence-electron chi connectivity index (χ2n) is 6.36. The van der Waals surface area contributed by atoms with Crippen molar-refractivity contribution in [3.05, 3.63) is 69.6 Å². The number of benzene rings is 2. The van der Waals surface area contributed by atoms with Gasteiger partial charge in [-0.2, -0.15) is 0 Å². The van der Waals surface area contributed by atoms with Crippen LogP contribution in [-0.4, -0.2) is 37.2 Å². The Kier molecular flexibility index (Phi) is 7.04. The van der Waals surface area contributed by atoms with Crippen molar-refractivity contribution in [3.63, 3.8) is 0 Å². The number of sulfone groups is 1. The lowest BCUT2D eigenvalue weighted by Gasteiger charge is -2.08. The number of carbonyl (C=O) groups excluding carboxylic acids is 1. The number of ether oxygens (including phenoxy) is 1. The van der Waals surface area contributed by atoms with E-state index in [1.54, 1.807) is 37.3 Å². The van der Waals surface area contributed by atoms with Gasteiger partial charge in [0.1, 0.15) is 5.75 Å². The van der Waals surface area contributed by atoms with Crippen LogP contribution in [0.3, 0.4) is 0 Å². The van der Waals surface area contributed by atoms with Crippen LogP contribution in [-0.2, 0) is 14.6 Å². The number of nitrogens with one attached hydrogen (secondary N) is 2. The first-order valence-corrected chi connectivity index (χ1v) is 11.7. The van der Waals surface area contributed by atoms with Crippen molar-refractivity contribution in [2.24, 2.45) is 0 Å². The molecule has 0 radical (unpaired) electrons. The fraction of sp³-hybridized carbons (Fsp3) is 0.150. The molecule has 3 aromatic rings. The number of carbonyl (C=O) groups is 1. The smallest absolute Gasteiger partial charge is 0.270 e. The molecule has 2 N–H and O–H groups in total. The standard InChI is InChI=1S/C20H18ClN3O5S2/c1-12-6-7-15(9-16(12)21)31(27,28)17-10-22-20(24-19(17)26)30-11-18(25)23-13-4-3-5-14(8-13)29-2/h3-10H,11H2,1-2H3,(H,23,25)(H,22,24,26). The summed E-state index contributed by atoms with van der Waals surface area (Å²) in [6, 6.07) is 11.1. The van der Waals surface area contributed by atoms with E-state index in [1.165, 1.54) is 19.2 Å². The summed E-state index contributed by atoms with van der Waals surface area (Å²) >= 11 is 6.97. The van der Waals surface area contributed by atoms with Gasteiger partial charge in [-0.25, -0.2) is 13.4 Å². The van der Waals surface area contributed by atoms with Gasteiger partial charge in [-0.3, -0.25) is 9.59 Å². The number of rotatable bonds is 7. The van der Waals surface area contributed by atoms with Gasteiger partial charge in [0.2, 0.25) is 15.7 Å². The third-order valence-electron chi connectivity index (χ3n) is 4.18. The molecule has 1 heterocycles. The van der Waals surface area contributed by atoms with Gasteiger partial charge in [-0.05, 0) is 36.8 Å². The second kappa shape index (κ2) is 9.54. The highest BCUT2D eigenvalue weighted by Gasteiger charge is 2.23. The molecule has 1 amide bonds. The minimum Gasteiger partial charge on any atom is -0.497 e. The summed E-state index contributed by atoms with van der Waals surface area (Å²) < 4.78 is 30.6. The fourth-order valence-electron chi connectivity index (χ4n) is 2.53. The van der Waals surface area contributed by atoms with E-state index in [1.807, 2.05) is 0 Å². The first-order valence-electron chi connectivity index (χ1n) is 8.88. The maximum absolute atomic E-state index is 12.8. The van der Waals surface area contributed by atoms with Gasteiger partial charge in [0.15, 0.2) is 10.1 Å². The summed E-state index contributed by atoms with van der Waals surface area (Å²) in [5, 5.41) is 3.10. The summed E-state index contributed by atoms with van der Waals surface area (Å²) in [6.45, 7) is 1.74. The molecule has 0 unspecified atom stereocenters. The van der Waals surface area contributed by atoms with Crippen molar-refractivity contribution < 1.29 is 17.9 Å². The lowest BCUT2D eigenvalue weighted by molar-refractivity contribution is -0.113. The van der Waals surface area contributed by atoms with E-state index in [4.69, 9.17) is 16.3 Å². The molecule has 0 bridgehead atoms. The molecule has 0 saturated carbocycles. The van der Waals surface area contributed by atoms with Crippen LogP contribution in [0.5, 0.6) is 5.75 Å². The van der Waals surface area contributed by atoms with E-state index in [0.29, 0.717) is 17.0 Å². The van der Waals surface area contributed by atoms with Crippen molar-refractivity contribution in [3.8, 4) is 5.75 Å². The fourth-order valence-corrected chi connectivity index (χ4v) is 4.67. The average Bonchev–Trinajstić information content (AvgIpc) is 2.74. The number of halogens is 1. The minimum atomic E-state index is -4.10. The van der Waals surface area contributed by atoms with E-state index < -0.39 is 20.3 Å². The molecule has 2 aromatic carbocycles. The topological polar surface area (TPSA) is 118 Å². The maximum Gasteiger partial charge on any atom is 0.270 e. The third-order valence-corrected chi connectivity index (χ3v) is 7.22. The van der Waals surface area contributed by atoms with E-state index in [2.05, 4.69) is 15.3 Å². The van der Waals surface area contributed by atoms with E-state index >= 15 is 0 Å². The van der Waals surface area contributed by atoms with Crippen molar-refractivity contribution in [2.75, 3.05) is 18.2 Å². The number of hydrogen-bond donors (Lipinski definition) is 2. The molecule has 8 nitrogen and oxygen atoms in total. The molecule has 162 valence electrons. The number of thioether (sulfide) groups is 1. The Morgan fingerprint density at radius 2 is 2.03 bits per heavy atom. The molecule has 31 heavy (non-hydrogen) atoms. The summed E-state index contributed by atoms with van der Waals surface area (Å²) in [7, 11) is -2.57. The molecule has 3 rings (SSSR count). The Morgan fingerprint density at radius 1 is 1.26 bits per heavy atom. The SMILES string of the molecule is COc1cccc(NC(=O)CSc2ncc(S(=O)(=O)c3ccc(C)c(Cl)c3)c(=O)[nH]2)c1. The summed E-state index contributed by atoms with van der Waals surface area (Å²) in [6.07, 6.45) is 0.976. The van der Waals surface area contributed by atoms with Crippen LogP contribution in [0.1, 0.15) is 5.56 Å². The zero-order valence-corrected chi connectivity index (χ0v) is 18.9. The lowest BCUT2D eigenvalue weighted by atomic mass is 10.2. The van der Waals surface area contributed by atoms with Crippen molar-refractivity contribution in [1.82, 2.24) is 9.97 Å². The molecule has 0 saturated heterocycles. The zero-order valence-electron chi connectivity index (χ0n) is 16.5. The van der Waals surface area contributed by atoms with Gasteiger partial charge in [-0.1, -0.05) is 35.5 Å². The van der Waals surface area contributed by atoms with Gasteiger partial charge in [0.25, 0.3) is 5.56 Å². The van der Waals surface area contributed by atoms with Crippen LogP contribution in [0, 0.1) is 6.92 Å². The monoisotopic (exact) mass is 479 g/mol. The number of aromatic nitrogens is 2. The lowest BCUT2D eigenvalue weighted by Crippen LogP contribution is -2.20. The molecule has 0 aliphatic rings. The highest BCUT2D eigenvalue weighted by Crippen LogP contribution is 2.24. The molecule has 11 heteroatoms. The molecular formula is C20H18ClN3O5S2. The largest absolute Gasteiger partial charge is 0.497 e. The highest BCUT2D eigenvalue weighted by atomic mass is 35.5. The van der Waals surface area contributed by atoms with Crippen molar-refractivity contribution >= 4 is 44.8 Å². The van der Waals surface area contributed by atoms with Crippen LogP contribution < -0.4 is 15.6 Å². The Balaban J connectivity index is 1.71. The highest BCUT2D eigenvalue weighted by molar-refractivity contribution is 7.99. The van der Waals surface area contributed by atoms with Gasteiger partial charge in [-0.15, -0.1) is 0 Å². The normalized spacial score (nSPS) is 11.2. The Morgan fingerprint density at radius 3 is 2.71 bits per heavy atom. The van der Waals surface area contributed by atoms with E-state index in [9.17, 15) is 18.0 Å². The Bertz CT molecular complexity index is 1290. The number of amides is 1. The summed E-state index contributed by atoms with van der Waals surface area (Å²) in [5.74, 6) is 0.231. The molecular weight excluding hydrogens is 462 g/mol. The van der Waals surface area contributed by atoms with Crippen molar-refractivity contribution in [1.29, 1.82) is 0 Å². The number of aryl methyl sites for hydroxylation is 1. The van der Waals surface area contributed by atoms with E-state index in [-0.39, 0.29) is 26.7 Å². The number of nitrogens with zero attached hydrogens (tertiary/aromatic N) is 1. The molecule has 0 aliphatic heterocycles. The first-order chi connectivity index (χ1) is 14.7. The average molecular weight is 480 g/mol. The number of aromatic amines is 1. The van der Waals surface area contributed by atoms with Gasteiger partial charge < -0.3 is 15.0 Å². The summed E-state index contributed by atoms with van der Waals surface area (Å²) in [4.78, 5) is 30.3. The van der Waals surface area contributed by atoms with Gasteiger partial charge in [0.05, 0.1) is 24.0 Å². The quantitative estimate of drug-likeness (QED) is 0.394. The molecule has 0 fully saturated rings. The summed E-state index contributed by atoms with van der Waals surface area (Å²) in [5.41, 5.74) is 0.443. The molecule has 1 aromatic heterocycles. The van der Waals surface area contributed by atoms with Crippen LogP contribution in [0.15, 0.2) is 68.4 Å². The minimum absolute atomic E-state index is 0.0418.